The molecule has 0 saturated heterocycles. The number of fused-ring (bicyclic) bond motifs is 1. The van der Waals surface area contributed by atoms with Crippen molar-refractivity contribution in [1.82, 2.24) is 0 Å². The van der Waals surface area contributed by atoms with E-state index in [1.165, 1.54) is 0 Å². The molecule has 1 aliphatic rings. The van der Waals surface area contributed by atoms with Crippen LogP contribution in [0.5, 0.6) is 11.5 Å². The smallest absolute Gasteiger partial charge is 0.229 e. The summed E-state index contributed by atoms with van der Waals surface area (Å²) in [7, 11) is -3.47. The lowest BCUT2D eigenvalue weighted by molar-refractivity contribution is 0.318. The first kappa shape index (κ1) is 15.4. The monoisotopic (exact) mass is 332 g/mol. The average Bonchev–Trinajstić information content (AvgIpc) is 2.89. The molecule has 7 heteroatoms. The fraction of sp³-hybridized carbons (Fsp3) is 0.188. The number of rotatable bonds is 4. The van der Waals surface area contributed by atoms with Crippen molar-refractivity contribution in [3.05, 3.63) is 53.6 Å². The van der Waals surface area contributed by atoms with E-state index in [0.29, 0.717) is 29.3 Å². The van der Waals surface area contributed by atoms with Crippen LogP contribution in [0.3, 0.4) is 0 Å². The number of aryl methyl sites for hydroxylation is 1. The predicted molar refractivity (Wildman–Crippen MR) is 88.1 cm³/mol. The molecule has 0 unspecified atom stereocenters. The largest absolute Gasteiger partial charge is 0.455 e. The molecule has 2 N–H and O–H groups in total. The quantitative estimate of drug-likeness (QED) is 0.665. The molecular weight excluding hydrogens is 316 g/mol. The van der Waals surface area contributed by atoms with Crippen LogP contribution in [0, 0.1) is 0 Å². The van der Waals surface area contributed by atoms with Crippen LogP contribution in [-0.4, -0.2) is 25.6 Å². The maximum atomic E-state index is 11.6. The Balaban J connectivity index is 2.06. The molecule has 2 aromatic carbocycles. The summed E-state index contributed by atoms with van der Waals surface area (Å²) in [6, 6.07) is 12.6. The second-order valence-electron chi connectivity index (χ2n) is 5.34. The first-order valence-electron chi connectivity index (χ1n) is 7.05. The van der Waals surface area contributed by atoms with Gasteiger partial charge in [0.25, 0.3) is 0 Å². The molecule has 0 aliphatic heterocycles. The molecule has 23 heavy (non-hydrogen) atoms. The zero-order valence-corrected chi connectivity index (χ0v) is 13.3. The Morgan fingerprint density at radius 2 is 1.91 bits per heavy atom. The number of nitrogens with one attached hydrogen (secondary N) is 1. The van der Waals surface area contributed by atoms with Gasteiger partial charge in [0.2, 0.25) is 10.0 Å². The van der Waals surface area contributed by atoms with Gasteiger partial charge >= 0.3 is 0 Å². The number of anilines is 1. The van der Waals surface area contributed by atoms with Crippen molar-refractivity contribution >= 4 is 21.4 Å². The molecular formula is C16H16N2O4S. The second-order valence-corrected chi connectivity index (χ2v) is 7.09. The summed E-state index contributed by atoms with van der Waals surface area (Å²) in [5.41, 5.74) is 2.56. The van der Waals surface area contributed by atoms with Gasteiger partial charge < -0.3 is 9.94 Å². The molecule has 0 saturated carbocycles. The molecule has 0 bridgehead atoms. The van der Waals surface area contributed by atoms with Crippen LogP contribution in [-0.2, 0) is 16.4 Å². The zero-order valence-electron chi connectivity index (χ0n) is 12.5. The van der Waals surface area contributed by atoms with Crippen LogP contribution in [0.25, 0.3) is 0 Å². The lowest BCUT2D eigenvalue weighted by Crippen LogP contribution is -2.11. The number of para-hydroxylation sites is 1. The zero-order chi connectivity index (χ0) is 16.4. The highest BCUT2D eigenvalue weighted by atomic mass is 32.2. The van der Waals surface area contributed by atoms with E-state index in [9.17, 15) is 8.42 Å². The highest BCUT2D eigenvalue weighted by molar-refractivity contribution is 7.92. The minimum atomic E-state index is -3.47. The van der Waals surface area contributed by atoms with Crippen molar-refractivity contribution in [3.8, 4) is 11.5 Å². The number of hydrogen-bond acceptors (Lipinski definition) is 5. The maximum absolute atomic E-state index is 11.6. The minimum Gasteiger partial charge on any atom is -0.455 e. The van der Waals surface area contributed by atoms with Gasteiger partial charge in [-0.2, -0.15) is 0 Å². The Morgan fingerprint density at radius 3 is 2.57 bits per heavy atom. The van der Waals surface area contributed by atoms with Gasteiger partial charge in [0.05, 0.1) is 17.7 Å². The first-order chi connectivity index (χ1) is 11.0. The highest BCUT2D eigenvalue weighted by Gasteiger charge is 2.22. The lowest BCUT2D eigenvalue weighted by atomic mass is 10.1. The van der Waals surface area contributed by atoms with E-state index in [0.717, 1.165) is 23.8 Å². The van der Waals surface area contributed by atoms with Crippen LogP contribution < -0.4 is 9.46 Å². The number of oxime groups is 1. The van der Waals surface area contributed by atoms with E-state index in [-0.39, 0.29) is 0 Å². The molecule has 0 atom stereocenters. The summed E-state index contributed by atoms with van der Waals surface area (Å²) in [5.74, 6) is 1.03. The normalized spacial score (nSPS) is 15.4. The van der Waals surface area contributed by atoms with Crippen LogP contribution in [0.4, 0.5) is 5.69 Å². The molecule has 0 radical (unpaired) electrons. The third-order valence-corrected chi connectivity index (χ3v) is 4.13. The third-order valence-electron chi connectivity index (χ3n) is 3.53. The number of sulfonamides is 1. The second kappa shape index (κ2) is 5.92. The molecule has 120 valence electrons. The van der Waals surface area contributed by atoms with E-state index in [1.54, 1.807) is 24.3 Å². The van der Waals surface area contributed by atoms with Gasteiger partial charge in [0.15, 0.2) is 5.75 Å². The van der Waals surface area contributed by atoms with Gasteiger partial charge in [-0.05, 0) is 42.7 Å². The van der Waals surface area contributed by atoms with Crippen molar-refractivity contribution in [2.24, 2.45) is 5.16 Å². The minimum absolute atomic E-state index is 0.318. The van der Waals surface area contributed by atoms with Crippen LogP contribution in [0.1, 0.15) is 17.5 Å². The van der Waals surface area contributed by atoms with Gasteiger partial charge in [-0.1, -0.05) is 23.4 Å². The number of ether oxygens (including phenoxy) is 1. The van der Waals surface area contributed by atoms with E-state index in [2.05, 4.69) is 9.88 Å². The highest BCUT2D eigenvalue weighted by Crippen LogP contribution is 2.36. The number of benzene rings is 2. The molecule has 1 aliphatic carbocycles. The molecule has 2 aromatic rings. The van der Waals surface area contributed by atoms with Gasteiger partial charge in [0, 0.05) is 5.56 Å². The van der Waals surface area contributed by atoms with Crippen LogP contribution >= 0.6 is 0 Å². The number of nitrogens with zero attached hydrogens (tertiary/aromatic N) is 1. The van der Waals surface area contributed by atoms with Crippen LogP contribution in [0.2, 0.25) is 0 Å². The summed E-state index contributed by atoms with van der Waals surface area (Å²) in [6.07, 6.45) is 2.41. The topological polar surface area (TPSA) is 88.0 Å². The van der Waals surface area contributed by atoms with E-state index >= 15 is 0 Å². The predicted octanol–water partition coefficient (Wildman–Crippen LogP) is 2.97. The van der Waals surface area contributed by atoms with Gasteiger partial charge in [-0.25, -0.2) is 8.42 Å². The first-order valence-corrected chi connectivity index (χ1v) is 8.94. The standard InChI is InChI=1S/C16H16N2O4S/c1-23(20,21)18-15-10-13-11(7-8-14(13)17-19)9-16(15)22-12-5-3-2-4-6-12/h2-6,9-10,18-19H,7-8H2,1H3. The molecule has 3 rings (SSSR count). The molecule has 6 nitrogen and oxygen atoms in total. The summed E-state index contributed by atoms with van der Waals surface area (Å²) >= 11 is 0. The summed E-state index contributed by atoms with van der Waals surface area (Å²) < 4.78 is 31.5. The maximum Gasteiger partial charge on any atom is 0.229 e. The molecule has 0 spiro atoms. The molecule has 0 fully saturated rings. The van der Waals surface area contributed by atoms with Gasteiger partial charge in [-0.3, -0.25) is 4.72 Å². The Bertz CT molecular complexity index is 861. The van der Waals surface area contributed by atoms with E-state index in [1.807, 2.05) is 18.2 Å². The summed E-state index contributed by atoms with van der Waals surface area (Å²) in [4.78, 5) is 0. The Kier molecular flexibility index (Phi) is 3.96. The molecule has 0 amide bonds. The van der Waals surface area contributed by atoms with Gasteiger partial charge in [-0.15, -0.1) is 0 Å². The van der Waals surface area contributed by atoms with E-state index in [4.69, 9.17) is 9.94 Å². The van der Waals surface area contributed by atoms with Crippen molar-refractivity contribution in [2.75, 3.05) is 11.0 Å². The van der Waals surface area contributed by atoms with Crippen molar-refractivity contribution in [1.29, 1.82) is 0 Å². The SMILES string of the molecule is CS(=O)(=O)Nc1cc2c(cc1Oc1ccccc1)CCC2=NO. The van der Waals surface area contributed by atoms with Crippen LogP contribution in [0.15, 0.2) is 47.6 Å². The Labute approximate surface area is 134 Å². The Hall–Kier alpha value is -2.54. The van der Waals surface area contributed by atoms with E-state index < -0.39 is 10.0 Å². The lowest BCUT2D eigenvalue weighted by Gasteiger charge is -2.14. The van der Waals surface area contributed by atoms with Gasteiger partial charge in [0.1, 0.15) is 5.75 Å². The molecule has 0 heterocycles. The summed E-state index contributed by atoms with van der Waals surface area (Å²) in [5, 5.41) is 12.3. The fourth-order valence-corrected chi connectivity index (χ4v) is 3.13. The van der Waals surface area contributed by atoms with Crippen molar-refractivity contribution in [2.45, 2.75) is 12.8 Å². The molecule has 0 aromatic heterocycles. The fourth-order valence-electron chi connectivity index (χ4n) is 2.57. The third kappa shape index (κ3) is 3.45. The number of hydrogen-bond donors (Lipinski definition) is 2. The average molecular weight is 332 g/mol. The summed E-state index contributed by atoms with van der Waals surface area (Å²) in [6.45, 7) is 0. The Morgan fingerprint density at radius 1 is 1.17 bits per heavy atom. The van der Waals surface area contributed by atoms with Crippen molar-refractivity contribution in [3.63, 3.8) is 0 Å². The van der Waals surface area contributed by atoms with Crippen molar-refractivity contribution < 1.29 is 18.4 Å².